The molecular formula is C25H26FN5O2. The second-order valence-corrected chi connectivity index (χ2v) is 8.69. The van der Waals surface area contributed by atoms with Crippen LogP contribution in [0.3, 0.4) is 0 Å². The molecule has 1 aromatic heterocycles. The first-order valence-electron chi connectivity index (χ1n) is 11.5. The maximum absolute atomic E-state index is 14.6. The van der Waals surface area contributed by atoms with Gasteiger partial charge < -0.3 is 25.0 Å². The van der Waals surface area contributed by atoms with Crippen LogP contribution in [0.15, 0.2) is 48.7 Å². The molecule has 1 spiro atoms. The second kappa shape index (κ2) is 8.28. The third kappa shape index (κ3) is 3.69. The van der Waals surface area contributed by atoms with Crippen LogP contribution >= 0.6 is 0 Å². The lowest BCUT2D eigenvalue weighted by Gasteiger charge is -2.41. The van der Waals surface area contributed by atoms with E-state index in [2.05, 4.69) is 32.7 Å². The fourth-order valence-corrected chi connectivity index (χ4v) is 4.90. The Morgan fingerprint density at radius 2 is 1.79 bits per heavy atom. The number of anilines is 3. The van der Waals surface area contributed by atoms with Crippen molar-refractivity contribution in [3.8, 4) is 16.9 Å². The van der Waals surface area contributed by atoms with E-state index < -0.39 is 5.60 Å². The largest absolute Gasteiger partial charge is 0.477 e. The highest BCUT2D eigenvalue weighted by atomic mass is 19.1. The number of fused-ring (bicyclic) bond motifs is 4. The van der Waals surface area contributed by atoms with Gasteiger partial charge in [0.2, 0.25) is 5.95 Å². The van der Waals surface area contributed by atoms with Gasteiger partial charge >= 0.3 is 0 Å². The van der Waals surface area contributed by atoms with Gasteiger partial charge in [-0.3, -0.25) is 0 Å². The molecule has 2 aromatic carbocycles. The van der Waals surface area contributed by atoms with Crippen LogP contribution in [-0.4, -0.2) is 49.4 Å². The Bertz CT molecular complexity index is 1160. The van der Waals surface area contributed by atoms with Crippen molar-refractivity contribution in [3.63, 3.8) is 0 Å². The maximum atomic E-state index is 14.6. The molecule has 6 rings (SSSR count). The van der Waals surface area contributed by atoms with Gasteiger partial charge in [0.1, 0.15) is 0 Å². The molecule has 3 aliphatic rings. The minimum atomic E-state index is -0.714. The zero-order valence-corrected chi connectivity index (χ0v) is 18.3. The van der Waals surface area contributed by atoms with E-state index in [0.29, 0.717) is 37.6 Å². The summed E-state index contributed by atoms with van der Waals surface area (Å²) in [6, 6.07) is 13.3. The minimum Gasteiger partial charge on any atom is -0.477 e. The Kier molecular flexibility index (Phi) is 5.11. The van der Waals surface area contributed by atoms with E-state index in [9.17, 15) is 4.39 Å². The van der Waals surface area contributed by atoms with Crippen LogP contribution in [0, 0.1) is 5.82 Å². The number of hydrogen-bond acceptors (Lipinski definition) is 7. The molecule has 8 heteroatoms. The lowest BCUT2D eigenvalue weighted by molar-refractivity contribution is -0.0558. The predicted octanol–water partition coefficient (Wildman–Crippen LogP) is 3.83. The van der Waals surface area contributed by atoms with Crippen molar-refractivity contribution in [1.82, 2.24) is 15.3 Å². The smallest absolute Gasteiger partial charge is 0.227 e. The zero-order chi connectivity index (χ0) is 22.3. The Morgan fingerprint density at radius 1 is 1.00 bits per heavy atom. The highest BCUT2D eigenvalue weighted by Crippen LogP contribution is 2.49. The molecular weight excluding hydrogens is 421 g/mol. The van der Waals surface area contributed by atoms with Crippen molar-refractivity contribution in [2.24, 2.45) is 0 Å². The van der Waals surface area contributed by atoms with Crippen molar-refractivity contribution >= 4 is 17.3 Å². The summed E-state index contributed by atoms with van der Waals surface area (Å²) in [6.07, 6.45) is 3.00. The first kappa shape index (κ1) is 20.4. The summed E-state index contributed by atoms with van der Waals surface area (Å²) >= 11 is 0. The number of piperazine rings is 1. The molecule has 2 N–H and O–H groups in total. The molecule has 3 aromatic rings. The second-order valence-electron chi connectivity index (χ2n) is 8.69. The van der Waals surface area contributed by atoms with E-state index in [-0.39, 0.29) is 11.6 Å². The number of rotatable bonds is 3. The molecule has 2 saturated heterocycles. The number of hydrogen-bond donors (Lipinski definition) is 2. The molecule has 7 nitrogen and oxygen atoms in total. The van der Waals surface area contributed by atoms with Crippen LogP contribution in [0.2, 0.25) is 0 Å². The normalized spacial score (nSPS) is 18.9. The molecule has 2 fully saturated rings. The number of aromatic nitrogens is 2. The molecule has 0 amide bonds. The van der Waals surface area contributed by atoms with Gasteiger partial charge in [0.15, 0.2) is 17.2 Å². The number of benzene rings is 2. The molecule has 0 radical (unpaired) electrons. The summed E-state index contributed by atoms with van der Waals surface area (Å²) in [5, 5.41) is 6.71. The third-order valence-electron chi connectivity index (χ3n) is 6.68. The number of ether oxygens (including phenoxy) is 2. The number of para-hydroxylation sites is 1. The SMILES string of the molecule is Fc1cccc2c1OC1(CCOCC1)c1nc(Nc3ccc(N4CCNCC4)cc3)ncc1-2. The van der Waals surface area contributed by atoms with Gasteiger partial charge in [-0.15, -0.1) is 0 Å². The fourth-order valence-electron chi connectivity index (χ4n) is 4.90. The van der Waals surface area contributed by atoms with Crippen molar-refractivity contribution < 1.29 is 13.9 Å². The molecule has 0 saturated carbocycles. The monoisotopic (exact) mass is 447 g/mol. The fraction of sp³-hybridized carbons (Fsp3) is 0.360. The molecule has 170 valence electrons. The van der Waals surface area contributed by atoms with Gasteiger partial charge in [0.05, 0.1) is 18.9 Å². The van der Waals surface area contributed by atoms with E-state index in [1.807, 2.05) is 18.2 Å². The van der Waals surface area contributed by atoms with Crippen LogP contribution in [0.4, 0.5) is 21.7 Å². The van der Waals surface area contributed by atoms with Gasteiger partial charge in [0.25, 0.3) is 0 Å². The molecule has 0 unspecified atom stereocenters. The lowest BCUT2D eigenvalue weighted by atomic mass is 9.83. The first-order valence-corrected chi connectivity index (χ1v) is 11.5. The van der Waals surface area contributed by atoms with E-state index in [0.717, 1.165) is 43.1 Å². The van der Waals surface area contributed by atoms with Gasteiger partial charge in [0, 0.05) is 67.7 Å². The van der Waals surface area contributed by atoms with Crippen LogP contribution in [-0.2, 0) is 10.3 Å². The molecule has 0 aliphatic carbocycles. The summed E-state index contributed by atoms with van der Waals surface area (Å²) in [6.45, 7) is 5.12. The van der Waals surface area contributed by atoms with Crippen molar-refractivity contribution in [3.05, 3.63) is 60.2 Å². The predicted molar refractivity (Wildman–Crippen MR) is 125 cm³/mol. The summed E-state index contributed by atoms with van der Waals surface area (Å²) in [5.41, 5.74) is 3.71. The summed E-state index contributed by atoms with van der Waals surface area (Å²) in [4.78, 5) is 11.8. The maximum Gasteiger partial charge on any atom is 0.227 e. The van der Waals surface area contributed by atoms with Crippen molar-refractivity contribution in [2.45, 2.75) is 18.4 Å². The van der Waals surface area contributed by atoms with Gasteiger partial charge in [-0.2, -0.15) is 0 Å². The molecule has 3 aliphatic heterocycles. The topological polar surface area (TPSA) is 71.5 Å². The van der Waals surface area contributed by atoms with Crippen LogP contribution in [0.1, 0.15) is 18.5 Å². The molecule has 0 atom stereocenters. The van der Waals surface area contributed by atoms with E-state index in [1.165, 1.54) is 11.8 Å². The highest BCUT2D eigenvalue weighted by molar-refractivity contribution is 5.76. The third-order valence-corrected chi connectivity index (χ3v) is 6.68. The van der Waals surface area contributed by atoms with Crippen LogP contribution < -0.4 is 20.3 Å². The van der Waals surface area contributed by atoms with Gasteiger partial charge in [-0.25, -0.2) is 14.4 Å². The summed E-state index contributed by atoms with van der Waals surface area (Å²) in [7, 11) is 0. The quantitative estimate of drug-likeness (QED) is 0.632. The molecule has 0 bridgehead atoms. The van der Waals surface area contributed by atoms with Crippen LogP contribution in [0.25, 0.3) is 11.1 Å². The summed E-state index contributed by atoms with van der Waals surface area (Å²) < 4.78 is 26.5. The number of halogens is 1. The van der Waals surface area contributed by atoms with Gasteiger partial charge in [-0.1, -0.05) is 12.1 Å². The van der Waals surface area contributed by atoms with Gasteiger partial charge in [-0.05, 0) is 30.3 Å². The molecule has 4 heterocycles. The highest BCUT2D eigenvalue weighted by Gasteiger charge is 2.45. The van der Waals surface area contributed by atoms with E-state index in [1.54, 1.807) is 12.3 Å². The molecule has 33 heavy (non-hydrogen) atoms. The summed E-state index contributed by atoms with van der Waals surface area (Å²) in [5.74, 6) is 0.411. The minimum absolute atomic E-state index is 0.278. The number of nitrogens with one attached hydrogen (secondary N) is 2. The lowest BCUT2D eigenvalue weighted by Crippen LogP contribution is -2.43. The standard InChI is InChI=1S/C25H26FN5O2/c26-21-3-1-2-19-20-16-28-24(30-23(20)25(33-22(19)21)8-14-32-15-9-25)29-17-4-6-18(7-5-17)31-12-10-27-11-13-31/h1-7,16,27H,8-15H2,(H,28,29,30). The Balaban J connectivity index is 1.32. The van der Waals surface area contributed by atoms with E-state index >= 15 is 0 Å². The first-order chi connectivity index (χ1) is 16.2. The Hall–Kier alpha value is -3.23. The van der Waals surface area contributed by atoms with Crippen LogP contribution in [0.5, 0.6) is 5.75 Å². The number of nitrogens with zero attached hydrogens (tertiary/aromatic N) is 3. The van der Waals surface area contributed by atoms with Crippen molar-refractivity contribution in [1.29, 1.82) is 0 Å². The zero-order valence-electron chi connectivity index (χ0n) is 18.3. The average molecular weight is 448 g/mol. The van der Waals surface area contributed by atoms with E-state index in [4.69, 9.17) is 14.5 Å². The Morgan fingerprint density at radius 3 is 2.58 bits per heavy atom. The Labute approximate surface area is 192 Å². The average Bonchev–Trinajstić information content (AvgIpc) is 2.87. The van der Waals surface area contributed by atoms with Crippen molar-refractivity contribution in [2.75, 3.05) is 49.6 Å².